The summed E-state index contributed by atoms with van der Waals surface area (Å²) >= 11 is 1.82. The monoisotopic (exact) mass is 394 g/mol. The van der Waals surface area contributed by atoms with Gasteiger partial charge in [0.1, 0.15) is 0 Å². The van der Waals surface area contributed by atoms with E-state index < -0.39 is 0 Å². The molecule has 0 fully saturated rings. The van der Waals surface area contributed by atoms with Crippen LogP contribution in [0.15, 0.2) is 84.9 Å². The molecule has 0 N–H and O–H groups in total. The Morgan fingerprint density at radius 2 is 1.34 bits per heavy atom. The van der Waals surface area contributed by atoms with Crippen LogP contribution in [0.1, 0.15) is 4.88 Å². The Morgan fingerprint density at radius 1 is 0.724 bits per heavy atom. The number of hydrogen-bond donors (Lipinski definition) is 0. The van der Waals surface area contributed by atoms with Crippen molar-refractivity contribution in [3.8, 4) is 10.4 Å². The van der Waals surface area contributed by atoms with Crippen LogP contribution in [0.2, 0.25) is 0 Å². The summed E-state index contributed by atoms with van der Waals surface area (Å²) in [6, 6.07) is 30.3. The first kappa shape index (κ1) is 17.8. The van der Waals surface area contributed by atoms with Crippen molar-refractivity contribution < 1.29 is 0 Å². The van der Waals surface area contributed by atoms with Gasteiger partial charge >= 0.3 is 0 Å². The lowest BCUT2D eigenvalue weighted by Gasteiger charge is -2.12. The van der Waals surface area contributed by atoms with Gasteiger partial charge in [-0.3, -0.25) is 0 Å². The average Bonchev–Trinajstić information content (AvgIpc) is 3.35. The Kier molecular flexibility index (Phi) is 4.45. The molecular weight excluding hydrogens is 372 g/mol. The number of nitrogens with zero attached hydrogens (tertiary/aromatic N) is 2. The van der Waals surface area contributed by atoms with Gasteiger partial charge in [-0.2, -0.15) is 0 Å². The number of thiophene rings is 1. The first-order chi connectivity index (χ1) is 14.2. The van der Waals surface area contributed by atoms with E-state index in [0.717, 1.165) is 0 Å². The van der Waals surface area contributed by atoms with Gasteiger partial charge in [0.15, 0.2) is 0 Å². The van der Waals surface area contributed by atoms with E-state index in [1.807, 2.05) is 11.3 Å². The Labute approximate surface area is 174 Å². The minimum atomic E-state index is 1.22. The fourth-order valence-electron chi connectivity index (χ4n) is 3.78. The Hall–Kier alpha value is -3.30. The smallest absolute Gasteiger partial charge is 0.0534 e. The third kappa shape index (κ3) is 3.24. The highest BCUT2D eigenvalue weighted by molar-refractivity contribution is 7.16. The van der Waals surface area contributed by atoms with Crippen molar-refractivity contribution in [1.82, 2.24) is 4.57 Å². The zero-order valence-corrected chi connectivity index (χ0v) is 17.4. The molecule has 29 heavy (non-hydrogen) atoms. The number of aromatic nitrogens is 1. The highest BCUT2D eigenvalue weighted by atomic mass is 32.1. The molecule has 0 saturated carbocycles. The molecule has 0 radical (unpaired) electrons. The molecule has 5 aromatic rings. The van der Waals surface area contributed by atoms with Crippen LogP contribution in [-0.4, -0.2) is 18.7 Å². The molecule has 0 saturated heterocycles. The highest BCUT2D eigenvalue weighted by Crippen LogP contribution is 2.32. The summed E-state index contributed by atoms with van der Waals surface area (Å²) in [5.74, 6) is 0. The van der Waals surface area contributed by atoms with Crippen molar-refractivity contribution in [3.63, 3.8) is 0 Å². The second-order valence-corrected chi connectivity index (χ2v) is 8.48. The topological polar surface area (TPSA) is 8.17 Å². The van der Waals surface area contributed by atoms with Gasteiger partial charge in [0.05, 0.1) is 11.0 Å². The summed E-state index contributed by atoms with van der Waals surface area (Å²) in [4.78, 5) is 4.66. The van der Waals surface area contributed by atoms with E-state index in [-0.39, 0.29) is 0 Å². The van der Waals surface area contributed by atoms with Crippen molar-refractivity contribution in [2.45, 2.75) is 0 Å². The van der Waals surface area contributed by atoms with Crippen LogP contribution in [-0.2, 0) is 0 Å². The van der Waals surface area contributed by atoms with Gasteiger partial charge in [0, 0.05) is 46.5 Å². The van der Waals surface area contributed by atoms with Crippen molar-refractivity contribution in [2.75, 3.05) is 19.0 Å². The third-order valence-corrected chi connectivity index (χ3v) is 6.40. The number of rotatable bonds is 4. The maximum absolute atomic E-state index is 2.29. The molecule has 0 aliphatic rings. The Balaban J connectivity index is 1.50. The van der Waals surface area contributed by atoms with Crippen molar-refractivity contribution in [1.29, 1.82) is 0 Å². The van der Waals surface area contributed by atoms with Crippen LogP contribution < -0.4 is 4.90 Å². The molecule has 5 rings (SSSR count). The summed E-state index contributed by atoms with van der Waals surface area (Å²) in [5, 5.41) is 2.58. The quantitative estimate of drug-likeness (QED) is 0.312. The molecule has 2 heterocycles. The van der Waals surface area contributed by atoms with Crippen molar-refractivity contribution >= 4 is 51.1 Å². The molecule has 0 unspecified atom stereocenters. The Bertz CT molecular complexity index is 1270. The van der Waals surface area contributed by atoms with Gasteiger partial charge in [-0.25, -0.2) is 0 Å². The van der Waals surface area contributed by atoms with Crippen molar-refractivity contribution in [3.05, 3.63) is 89.8 Å². The third-order valence-electron chi connectivity index (χ3n) is 5.30. The molecule has 0 aliphatic heterocycles. The van der Waals surface area contributed by atoms with Gasteiger partial charge in [-0.05, 0) is 48.0 Å². The van der Waals surface area contributed by atoms with Crippen LogP contribution in [0, 0.1) is 0 Å². The molecule has 3 aromatic carbocycles. The zero-order valence-electron chi connectivity index (χ0n) is 16.5. The first-order valence-electron chi connectivity index (χ1n) is 9.74. The molecule has 0 spiro atoms. The second-order valence-electron chi connectivity index (χ2n) is 7.36. The lowest BCUT2D eigenvalue weighted by molar-refractivity contribution is 1.13. The van der Waals surface area contributed by atoms with Crippen LogP contribution in [0.4, 0.5) is 5.69 Å². The number of benzene rings is 3. The maximum Gasteiger partial charge on any atom is 0.0534 e. The fourth-order valence-corrected chi connectivity index (χ4v) is 4.69. The van der Waals surface area contributed by atoms with Crippen LogP contribution in [0.25, 0.3) is 44.5 Å². The predicted octanol–water partition coefficient (Wildman–Crippen LogP) is 7.22. The largest absolute Gasteiger partial charge is 0.378 e. The number of hydrogen-bond acceptors (Lipinski definition) is 2. The molecule has 0 aliphatic carbocycles. The van der Waals surface area contributed by atoms with Gasteiger partial charge < -0.3 is 9.47 Å². The highest BCUT2D eigenvalue weighted by Gasteiger charge is 2.08. The summed E-state index contributed by atoms with van der Waals surface area (Å²) in [6.07, 6.45) is 4.40. The van der Waals surface area contributed by atoms with Crippen LogP contribution in [0.3, 0.4) is 0 Å². The second kappa shape index (κ2) is 7.26. The van der Waals surface area contributed by atoms with Crippen molar-refractivity contribution in [2.24, 2.45) is 0 Å². The minimum absolute atomic E-state index is 1.22. The summed E-state index contributed by atoms with van der Waals surface area (Å²) in [5.41, 5.74) is 4.95. The molecule has 0 atom stereocenters. The molecule has 3 heteroatoms. The van der Waals surface area contributed by atoms with Gasteiger partial charge in [-0.1, -0.05) is 48.5 Å². The van der Waals surface area contributed by atoms with E-state index in [1.54, 1.807) is 0 Å². The lowest BCUT2D eigenvalue weighted by atomic mass is 10.1. The molecule has 2 aromatic heterocycles. The predicted molar refractivity (Wildman–Crippen MR) is 129 cm³/mol. The standard InChI is InChI=1S/C26H22N2S/c1-27(2)20-13-11-19(12-14-20)26-16-15-21(29-26)17-18-28-24-9-5-3-7-22(24)23-8-4-6-10-25(23)28/h3-18H,1-2H3/b18-17+. The zero-order chi connectivity index (χ0) is 19.8. The van der Waals surface area contributed by atoms with Crippen LogP contribution >= 0.6 is 11.3 Å². The van der Waals surface area contributed by atoms with Crippen LogP contribution in [0.5, 0.6) is 0 Å². The molecule has 2 nitrogen and oxygen atoms in total. The molecule has 0 amide bonds. The Morgan fingerprint density at radius 3 is 1.97 bits per heavy atom. The van der Waals surface area contributed by atoms with E-state index in [9.17, 15) is 0 Å². The summed E-state index contributed by atoms with van der Waals surface area (Å²) < 4.78 is 2.29. The number of anilines is 1. The summed E-state index contributed by atoms with van der Waals surface area (Å²) in [7, 11) is 4.13. The summed E-state index contributed by atoms with van der Waals surface area (Å²) in [6.45, 7) is 0. The molecular formula is C26H22N2S. The maximum atomic E-state index is 2.29. The number of para-hydroxylation sites is 2. The van der Waals surface area contributed by atoms with E-state index in [2.05, 4.69) is 121 Å². The van der Waals surface area contributed by atoms with E-state index in [1.165, 1.54) is 42.8 Å². The normalized spacial score (nSPS) is 11.7. The van der Waals surface area contributed by atoms with E-state index in [0.29, 0.717) is 0 Å². The van der Waals surface area contributed by atoms with Gasteiger partial charge in [0.2, 0.25) is 0 Å². The van der Waals surface area contributed by atoms with Gasteiger partial charge in [-0.15, -0.1) is 11.3 Å². The van der Waals surface area contributed by atoms with E-state index >= 15 is 0 Å². The molecule has 142 valence electrons. The SMILES string of the molecule is CN(C)c1ccc(-c2ccc(/C=C/n3c4ccccc4c4ccccc43)s2)cc1. The van der Waals surface area contributed by atoms with E-state index in [4.69, 9.17) is 0 Å². The first-order valence-corrected chi connectivity index (χ1v) is 10.6. The molecule has 0 bridgehead atoms. The number of fused-ring (bicyclic) bond motifs is 3. The lowest BCUT2D eigenvalue weighted by Crippen LogP contribution is -2.07. The minimum Gasteiger partial charge on any atom is -0.378 e. The fraction of sp³-hybridized carbons (Fsp3) is 0.0769. The van der Waals surface area contributed by atoms with Gasteiger partial charge in [0.25, 0.3) is 0 Å². The average molecular weight is 395 g/mol.